The molecule has 0 fully saturated rings. The van der Waals surface area contributed by atoms with Crippen molar-refractivity contribution < 1.29 is 14.7 Å². The first-order chi connectivity index (χ1) is 9.07. The molecule has 1 amide bonds. The van der Waals surface area contributed by atoms with E-state index in [2.05, 4.69) is 0 Å². The fraction of sp³-hybridized carbons (Fsp3) is 0.286. The van der Waals surface area contributed by atoms with Gasteiger partial charge in [-0.05, 0) is 12.5 Å². The molecule has 1 aliphatic rings. The van der Waals surface area contributed by atoms with E-state index in [0.717, 1.165) is 5.56 Å². The molecule has 0 saturated heterocycles. The zero-order valence-electron chi connectivity index (χ0n) is 10.7. The Kier molecular flexibility index (Phi) is 3.66. The molecule has 3 N–H and O–H groups in total. The van der Waals surface area contributed by atoms with Crippen molar-refractivity contribution in [2.45, 2.75) is 13.0 Å². The second-order valence-corrected chi connectivity index (χ2v) is 4.42. The van der Waals surface area contributed by atoms with E-state index in [9.17, 15) is 14.7 Å². The molecule has 1 aromatic carbocycles. The highest BCUT2D eigenvalue weighted by molar-refractivity contribution is 6.08. The van der Waals surface area contributed by atoms with E-state index in [4.69, 9.17) is 5.73 Å². The van der Waals surface area contributed by atoms with Gasteiger partial charge in [-0.1, -0.05) is 30.3 Å². The normalized spacial score (nSPS) is 19.2. The fourth-order valence-electron chi connectivity index (χ4n) is 2.36. The fourth-order valence-corrected chi connectivity index (χ4v) is 2.36. The topological polar surface area (TPSA) is 83.6 Å². The molecule has 0 aliphatic carbocycles. The average Bonchev–Trinajstić information content (AvgIpc) is 2.65. The molecular weight excluding hydrogens is 244 g/mol. The second kappa shape index (κ2) is 5.24. The molecule has 2 rings (SSSR count). The molecule has 0 bridgehead atoms. The van der Waals surface area contributed by atoms with Gasteiger partial charge in [0.2, 0.25) is 0 Å². The van der Waals surface area contributed by atoms with Crippen LogP contribution < -0.4 is 5.73 Å². The highest BCUT2D eigenvalue weighted by Gasteiger charge is 2.41. The minimum atomic E-state index is -0.547. The van der Waals surface area contributed by atoms with Crippen LogP contribution >= 0.6 is 0 Å². The van der Waals surface area contributed by atoms with Gasteiger partial charge < -0.3 is 15.7 Å². The number of aliphatic hydroxyl groups is 1. The summed E-state index contributed by atoms with van der Waals surface area (Å²) in [6.45, 7) is 1.91. The number of Topliss-reactive ketones (excluding diaryl/α,β-unsaturated/α-hetero) is 1. The Morgan fingerprint density at radius 1 is 1.37 bits per heavy atom. The maximum Gasteiger partial charge on any atom is 0.290 e. The van der Waals surface area contributed by atoms with Gasteiger partial charge in [0.05, 0.1) is 11.6 Å². The molecule has 1 heterocycles. The number of amides is 1. The van der Waals surface area contributed by atoms with Crippen molar-refractivity contribution in [1.29, 1.82) is 0 Å². The van der Waals surface area contributed by atoms with Crippen LogP contribution in [0.1, 0.15) is 18.5 Å². The van der Waals surface area contributed by atoms with E-state index >= 15 is 0 Å². The minimum absolute atomic E-state index is 0.143. The lowest BCUT2D eigenvalue weighted by Gasteiger charge is -2.25. The number of aliphatic hydroxyl groups excluding tert-OH is 1. The Labute approximate surface area is 111 Å². The highest BCUT2D eigenvalue weighted by Crippen LogP contribution is 2.36. The van der Waals surface area contributed by atoms with Crippen molar-refractivity contribution in [3.05, 3.63) is 47.2 Å². The van der Waals surface area contributed by atoms with Gasteiger partial charge in [-0.15, -0.1) is 0 Å². The summed E-state index contributed by atoms with van der Waals surface area (Å²) in [6, 6.07) is 8.60. The predicted molar refractivity (Wildman–Crippen MR) is 70.3 cm³/mol. The molecule has 0 saturated carbocycles. The van der Waals surface area contributed by atoms with Gasteiger partial charge in [0.25, 0.3) is 5.91 Å². The van der Waals surface area contributed by atoms with Crippen molar-refractivity contribution >= 4 is 11.7 Å². The number of benzene rings is 1. The van der Waals surface area contributed by atoms with Crippen LogP contribution in [-0.2, 0) is 9.59 Å². The maximum absolute atomic E-state index is 12.0. The van der Waals surface area contributed by atoms with Gasteiger partial charge in [-0.3, -0.25) is 9.59 Å². The van der Waals surface area contributed by atoms with E-state index in [1.807, 2.05) is 30.3 Å². The van der Waals surface area contributed by atoms with Gasteiger partial charge in [0.15, 0.2) is 11.5 Å². The second-order valence-electron chi connectivity index (χ2n) is 4.42. The van der Waals surface area contributed by atoms with Crippen LogP contribution in [0.25, 0.3) is 0 Å². The van der Waals surface area contributed by atoms with Crippen LogP contribution in [0.5, 0.6) is 0 Å². The summed E-state index contributed by atoms with van der Waals surface area (Å²) in [5.74, 6) is -1.31. The molecule has 1 aromatic rings. The van der Waals surface area contributed by atoms with E-state index in [0.29, 0.717) is 6.54 Å². The van der Waals surface area contributed by atoms with Gasteiger partial charge >= 0.3 is 0 Å². The van der Waals surface area contributed by atoms with Crippen LogP contribution in [0.4, 0.5) is 0 Å². The third kappa shape index (κ3) is 2.24. The van der Waals surface area contributed by atoms with E-state index < -0.39 is 17.7 Å². The van der Waals surface area contributed by atoms with Crippen molar-refractivity contribution in [3.63, 3.8) is 0 Å². The molecular formula is C14H16N2O3. The number of ketones is 1. The zero-order valence-corrected chi connectivity index (χ0v) is 10.7. The molecule has 0 aromatic heterocycles. The monoisotopic (exact) mass is 260 g/mol. The molecule has 1 atom stereocenters. The number of nitrogens with zero attached hydrogens (tertiary/aromatic N) is 1. The highest BCUT2D eigenvalue weighted by atomic mass is 16.3. The number of carbonyl (C=O) groups is 2. The Balaban J connectivity index is 2.51. The van der Waals surface area contributed by atoms with E-state index in [1.54, 1.807) is 0 Å². The number of rotatable bonds is 4. The number of hydrogen-bond acceptors (Lipinski definition) is 4. The molecule has 1 aliphatic heterocycles. The quantitative estimate of drug-likeness (QED) is 0.843. The summed E-state index contributed by atoms with van der Waals surface area (Å²) in [6.07, 6.45) is 0. The van der Waals surface area contributed by atoms with E-state index in [1.165, 1.54) is 11.8 Å². The Morgan fingerprint density at radius 2 is 2.00 bits per heavy atom. The summed E-state index contributed by atoms with van der Waals surface area (Å²) in [5, 5.41) is 9.88. The van der Waals surface area contributed by atoms with Gasteiger partial charge in [-0.2, -0.15) is 0 Å². The molecule has 19 heavy (non-hydrogen) atoms. The van der Waals surface area contributed by atoms with Crippen LogP contribution in [-0.4, -0.2) is 34.8 Å². The average molecular weight is 260 g/mol. The summed E-state index contributed by atoms with van der Waals surface area (Å²) < 4.78 is 0. The van der Waals surface area contributed by atoms with Crippen LogP contribution in [0.3, 0.4) is 0 Å². The Morgan fingerprint density at radius 3 is 2.53 bits per heavy atom. The molecule has 0 radical (unpaired) electrons. The Bertz CT molecular complexity index is 537. The maximum atomic E-state index is 12.0. The van der Waals surface area contributed by atoms with Gasteiger partial charge in [0.1, 0.15) is 0 Å². The van der Waals surface area contributed by atoms with Crippen LogP contribution in [0.15, 0.2) is 41.7 Å². The number of carbonyl (C=O) groups excluding carboxylic acids is 2. The molecule has 5 nitrogen and oxygen atoms in total. The summed E-state index contributed by atoms with van der Waals surface area (Å²) >= 11 is 0. The predicted octanol–water partition coefficient (Wildman–Crippen LogP) is 0.930. The summed E-state index contributed by atoms with van der Waals surface area (Å²) in [7, 11) is 0. The first kappa shape index (κ1) is 13.3. The van der Waals surface area contributed by atoms with Crippen LogP contribution in [0.2, 0.25) is 0 Å². The Hall–Kier alpha value is -2.14. The van der Waals surface area contributed by atoms with Crippen molar-refractivity contribution in [3.8, 4) is 0 Å². The third-order valence-electron chi connectivity index (χ3n) is 3.17. The van der Waals surface area contributed by atoms with E-state index in [-0.39, 0.29) is 17.9 Å². The molecule has 100 valence electrons. The van der Waals surface area contributed by atoms with Crippen LogP contribution in [0, 0.1) is 0 Å². The summed E-state index contributed by atoms with van der Waals surface area (Å²) in [4.78, 5) is 25.1. The number of hydrogen-bond donors (Lipinski definition) is 2. The smallest absolute Gasteiger partial charge is 0.290 e. The van der Waals surface area contributed by atoms with Crippen molar-refractivity contribution in [2.24, 2.45) is 5.73 Å². The van der Waals surface area contributed by atoms with Crippen molar-refractivity contribution in [2.75, 3.05) is 13.1 Å². The van der Waals surface area contributed by atoms with Gasteiger partial charge in [0, 0.05) is 13.1 Å². The zero-order chi connectivity index (χ0) is 14.0. The number of nitrogens with two attached hydrogens (primary N) is 1. The molecule has 0 spiro atoms. The third-order valence-corrected chi connectivity index (χ3v) is 3.17. The minimum Gasteiger partial charge on any atom is -0.503 e. The standard InChI is InChI=1S/C14H16N2O3/c1-9(17)11-12(10-5-3-2-4-6-10)16(8-7-15)14(19)13(11)18/h2-6,12,18H,7-8,15H2,1H3/t12-/m0/s1. The largest absolute Gasteiger partial charge is 0.503 e. The molecule has 5 heteroatoms. The lowest BCUT2D eigenvalue weighted by atomic mass is 9.97. The van der Waals surface area contributed by atoms with Crippen molar-refractivity contribution in [1.82, 2.24) is 4.90 Å². The SMILES string of the molecule is CC(=O)C1=C(O)C(=O)N(CCN)[C@H]1c1ccccc1. The first-order valence-corrected chi connectivity index (χ1v) is 6.08. The lowest BCUT2D eigenvalue weighted by Crippen LogP contribution is -2.35. The van der Waals surface area contributed by atoms with Gasteiger partial charge in [-0.25, -0.2) is 0 Å². The summed E-state index contributed by atoms with van der Waals surface area (Å²) in [5.41, 5.74) is 6.43. The molecule has 0 unspecified atom stereocenters. The first-order valence-electron chi connectivity index (χ1n) is 6.08. The lowest BCUT2D eigenvalue weighted by molar-refractivity contribution is -0.129.